The summed E-state index contributed by atoms with van der Waals surface area (Å²) < 4.78 is 0. The Morgan fingerprint density at radius 3 is 2.36 bits per heavy atom. The van der Waals surface area contributed by atoms with Gasteiger partial charge in [0.05, 0.1) is 0 Å². The first-order valence-corrected chi connectivity index (χ1v) is 9.28. The van der Waals surface area contributed by atoms with E-state index in [0.29, 0.717) is 0 Å². The lowest BCUT2D eigenvalue weighted by molar-refractivity contribution is 0.324. The molecule has 2 fully saturated rings. The highest BCUT2D eigenvalue weighted by Gasteiger charge is 2.39. The van der Waals surface area contributed by atoms with Crippen molar-refractivity contribution in [2.45, 2.75) is 61.8 Å². The maximum Gasteiger partial charge on any atom is 0.261 e. The molecule has 0 aromatic carbocycles. The minimum Gasteiger partial charge on any atom is -0.0967 e. The van der Waals surface area contributed by atoms with E-state index in [4.69, 9.17) is 0 Å². The van der Waals surface area contributed by atoms with Crippen molar-refractivity contribution >= 4 is 14.1 Å². The van der Waals surface area contributed by atoms with Gasteiger partial charge in [-0.25, -0.2) is 0 Å². The summed E-state index contributed by atoms with van der Waals surface area (Å²) in [5.41, 5.74) is 0. The molecule has 0 nitrogen and oxygen atoms in total. The second kappa shape index (κ2) is 5.04. The summed E-state index contributed by atoms with van der Waals surface area (Å²) in [7, 11) is 0. The van der Waals surface area contributed by atoms with Crippen molar-refractivity contribution in [3.8, 4) is 0 Å². The standard InChI is InChI=1S/C9H15.2C2H5.Al/c1-2-8-5-7-3-4-9(8)6-7;2*1-2;/h7-9H,1-6H2;2*1H2,2H3;/t7-,8-,9-;;;/m0.../s1. The van der Waals surface area contributed by atoms with E-state index in [9.17, 15) is 0 Å². The zero-order chi connectivity index (χ0) is 9.97. The van der Waals surface area contributed by atoms with Gasteiger partial charge in [-0.3, -0.25) is 0 Å². The molecule has 1 heteroatoms. The van der Waals surface area contributed by atoms with Crippen molar-refractivity contribution in [3.05, 3.63) is 0 Å². The maximum absolute atomic E-state index is 2.42. The monoisotopic (exact) mass is 208 g/mol. The highest BCUT2D eigenvalue weighted by molar-refractivity contribution is 6.58. The van der Waals surface area contributed by atoms with E-state index in [2.05, 4.69) is 13.8 Å². The van der Waals surface area contributed by atoms with Crippen molar-refractivity contribution in [1.29, 1.82) is 0 Å². The van der Waals surface area contributed by atoms with Gasteiger partial charge in [0, 0.05) is 0 Å². The third-order valence-corrected chi connectivity index (χ3v) is 8.44. The molecule has 2 aliphatic rings. The highest BCUT2D eigenvalue weighted by atomic mass is 27.2. The van der Waals surface area contributed by atoms with Gasteiger partial charge in [0.2, 0.25) is 0 Å². The molecule has 0 N–H and O–H groups in total. The van der Waals surface area contributed by atoms with Crippen molar-refractivity contribution < 1.29 is 0 Å². The van der Waals surface area contributed by atoms with E-state index in [1.807, 2.05) is 0 Å². The Labute approximate surface area is 93.9 Å². The molecule has 0 spiro atoms. The molecule has 2 saturated carbocycles. The smallest absolute Gasteiger partial charge is 0.0967 e. The second-order valence-corrected chi connectivity index (χ2v) is 9.64. The lowest BCUT2D eigenvalue weighted by atomic mass is 9.87. The summed E-state index contributed by atoms with van der Waals surface area (Å²) in [5, 5.41) is 4.73. The summed E-state index contributed by atoms with van der Waals surface area (Å²) in [5.74, 6) is 3.50. The van der Waals surface area contributed by atoms with Gasteiger partial charge in [0.25, 0.3) is 14.1 Å². The average Bonchev–Trinajstić information content (AvgIpc) is 2.80. The molecule has 0 aliphatic heterocycles. The second-order valence-electron chi connectivity index (χ2n) is 5.69. The normalized spacial score (nSPS) is 35.1. The van der Waals surface area contributed by atoms with Crippen LogP contribution in [0.4, 0.5) is 0 Å². The summed E-state index contributed by atoms with van der Waals surface area (Å²) in [6, 6.07) is 0. The van der Waals surface area contributed by atoms with Crippen LogP contribution in [0.25, 0.3) is 0 Å². The van der Waals surface area contributed by atoms with E-state index in [-0.39, 0.29) is 14.1 Å². The Kier molecular flexibility index (Phi) is 3.97. The molecular formula is C13H25Al. The van der Waals surface area contributed by atoms with Crippen molar-refractivity contribution in [3.63, 3.8) is 0 Å². The predicted molar refractivity (Wildman–Crippen MR) is 65.1 cm³/mol. The van der Waals surface area contributed by atoms with Crippen LogP contribution in [0.15, 0.2) is 0 Å². The lowest BCUT2D eigenvalue weighted by Crippen LogP contribution is -2.15. The Morgan fingerprint density at radius 1 is 1.07 bits per heavy atom. The van der Waals surface area contributed by atoms with Gasteiger partial charge in [0.1, 0.15) is 0 Å². The molecule has 0 aromatic heterocycles. The maximum atomic E-state index is 2.42. The van der Waals surface area contributed by atoms with Crippen molar-refractivity contribution in [2.24, 2.45) is 17.8 Å². The fraction of sp³-hybridized carbons (Fsp3) is 1.00. The molecule has 0 unspecified atom stereocenters. The first-order valence-electron chi connectivity index (χ1n) is 6.83. The van der Waals surface area contributed by atoms with Gasteiger partial charge in [-0.15, -0.1) is 0 Å². The van der Waals surface area contributed by atoms with Gasteiger partial charge in [0.15, 0.2) is 0 Å². The van der Waals surface area contributed by atoms with Crippen LogP contribution in [0.3, 0.4) is 0 Å². The Balaban J connectivity index is 1.71. The third kappa shape index (κ3) is 2.37. The zero-order valence-corrected chi connectivity index (χ0v) is 11.1. The van der Waals surface area contributed by atoms with Crippen LogP contribution in [0, 0.1) is 17.8 Å². The molecule has 2 aliphatic carbocycles. The SMILES string of the molecule is C[CH2][Al]([CH2]C)[CH2]C[C@H]1C[C@@H]2CC[C@H]1C2. The first-order chi connectivity index (χ1) is 6.83. The van der Waals surface area contributed by atoms with Gasteiger partial charge < -0.3 is 0 Å². The van der Waals surface area contributed by atoms with E-state index in [1.54, 1.807) is 37.4 Å². The van der Waals surface area contributed by atoms with Crippen molar-refractivity contribution in [2.75, 3.05) is 0 Å². The fourth-order valence-electron chi connectivity index (χ4n) is 3.88. The Bertz CT molecular complexity index is 174. The molecule has 2 rings (SSSR count). The number of hydrogen-bond acceptors (Lipinski definition) is 0. The molecule has 3 atom stereocenters. The summed E-state index contributed by atoms with van der Waals surface area (Å²) in [6.07, 6.45) is 7.98. The van der Waals surface area contributed by atoms with Crippen molar-refractivity contribution in [1.82, 2.24) is 0 Å². The first kappa shape index (κ1) is 11.0. The molecule has 14 heavy (non-hydrogen) atoms. The average molecular weight is 208 g/mol. The van der Waals surface area contributed by atoms with Crippen LogP contribution in [0.1, 0.15) is 46.0 Å². The zero-order valence-electron chi connectivity index (χ0n) is 9.97. The lowest BCUT2D eigenvalue weighted by Gasteiger charge is -2.22. The third-order valence-electron chi connectivity index (χ3n) is 4.98. The van der Waals surface area contributed by atoms with E-state index in [0.717, 1.165) is 5.92 Å². The van der Waals surface area contributed by atoms with E-state index >= 15 is 0 Å². The van der Waals surface area contributed by atoms with Crippen LogP contribution in [-0.4, -0.2) is 14.1 Å². The fourth-order valence-corrected chi connectivity index (χ4v) is 6.17. The number of fused-ring (bicyclic) bond motifs is 2. The molecule has 0 saturated heterocycles. The van der Waals surface area contributed by atoms with Crippen LogP contribution < -0.4 is 0 Å². The van der Waals surface area contributed by atoms with Gasteiger partial charge >= 0.3 is 0 Å². The van der Waals surface area contributed by atoms with Crippen LogP contribution in [0.5, 0.6) is 0 Å². The molecule has 80 valence electrons. The van der Waals surface area contributed by atoms with Gasteiger partial charge in [-0.2, -0.15) is 0 Å². The molecule has 0 amide bonds. The van der Waals surface area contributed by atoms with E-state index in [1.165, 1.54) is 22.4 Å². The predicted octanol–water partition coefficient (Wildman–Crippen LogP) is 4.35. The molecule has 0 radical (unpaired) electrons. The van der Waals surface area contributed by atoms with Gasteiger partial charge in [-0.05, 0) is 37.0 Å². The molecule has 0 aromatic rings. The van der Waals surface area contributed by atoms with E-state index < -0.39 is 0 Å². The largest absolute Gasteiger partial charge is 0.261 e. The van der Waals surface area contributed by atoms with Gasteiger partial charge in [-0.1, -0.05) is 42.5 Å². The topological polar surface area (TPSA) is 0 Å². The Morgan fingerprint density at radius 2 is 1.86 bits per heavy atom. The van der Waals surface area contributed by atoms with Crippen LogP contribution in [0.2, 0.25) is 15.8 Å². The highest BCUT2D eigenvalue weighted by Crippen LogP contribution is 2.50. The minimum absolute atomic E-state index is 0.272. The summed E-state index contributed by atoms with van der Waals surface area (Å²) >= 11 is -0.272. The molecule has 0 heterocycles. The number of rotatable bonds is 5. The number of hydrogen-bond donors (Lipinski definition) is 0. The molecular weight excluding hydrogens is 183 g/mol. The Hall–Kier alpha value is 0.532. The van der Waals surface area contributed by atoms with Crippen LogP contribution >= 0.6 is 0 Å². The molecule has 2 bridgehead atoms. The minimum atomic E-state index is -0.272. The quantitative estimate of drug-likeness (QED) is 0.589. The van der Waals surface area contributed by atoms with Crippen LogP contribution in [-0.2, 0) is 0 Å². The summed E-state index contributed by atoms with van der Waals surface area (Å²) in [4.78, 5) is 0. The summed E-state index contributed by atoms with van der Waals surface area (Å²) in [6.45, 7) is 4.84.